The van der Waals surface area contributed by atoms with Gasteiger partial charge in [-0.1, -0.05) is 24.3 Å². The van der Waals surface area contributed by atoms with Gasteiger partial charge in [-0.2, -0.15) is 5.10 Å². The number of carbonyl (C=O) groups excluding carboxylic acids is 1. The molecule has 0 bridgehead atoms. The average molecular weight is 360 g/mol. The molecule has 2 aromatic heterocycles. The van der Waals surface area contributed by atoms with E-state index in [1.807, 2.05) is 37.3 Å². The highest BCUT2D eigenvalue weighted by Crippen LogP contribution is 2.29. The number of fused-ring (bicyclic) bond motifs is 1. The fourth-order valence-electron chi connectivity index (χ4n) is 3.02. The zero-order valence-electron chi connectivity index (χ0n) is 14.8. The summed E-state index contributed by atoms with van der Waals surface area (Å²) < 4.78 is 6.95. The second-order valence-electron chi connectivity index (χ2n) is 6.02. The van der Waals surface area contributed by atoms with E-state index < -0.39 is 0 Å². The number of benzene rings is 2. The molecule has 0 unspecified atom stereocenters. The zero-order valence-corrected chi connectivity index (χ0v) is 14.8. The van der Waals surface area contributed by atoms with Gasteiger partial charge in [0.15, 0.2) is 5.52 Å². The van der Waals surface area contributed by atoms with Gasteiger partial charge in [-0.3, -0.25) is 9.59 Å². The molecule has 0 atom stereocenters. The molecule has 27 heavy (non-hydrogen) atoms. The Hall–Kier alpha value is -3.74. The lowest BCUT2D eigenvalue weighted by Crippen LogP contribution is -2.13. The van der Waals surface area contributed by atoms with Crippen LogP contribution in [0.5, 0.6) is 5.75 Å². The fourth-order valence-corrected chi connectivity index (χ4v) is 3.02. The number of hydrogen-bond donors (Lipinski definition) is 1. The van der Waals surface area contributed by atoms with Gasteiger partial charge in [-0.25, -0.2) is 9.67 Å². The first-order valence-electron chi connectivity index (χ1n) is 8.31. The van der Waals surface area contributed by atoms with Crippen molar-refractivity contribution in [1.82, 2.24) is 19.7 Å². The van der Waals surface area contributed by atoms with Gasteiger partial charge in [-0.15, -0.1) is 0 Å². The predicted octanol–water partition coefficient (Wildman–Crippen LogP) is 2.91. The second-order valence-corrected chi connectivity index (χ2v) is 6.02. The highest BCUT2D eigenvalue weighted by Gasteiger charge is 2.17. The molecule has 4 aromatic rings. The van der Waals surface area contributed by atoms with Crippen LogP contribution >= 0.6 is 0 Å². The first kappa shape index (κ1) is 16.7. The summed E-state index contributed by atoms with van der Waals surface area (Å²) in [5.74, 6) is 0.813. The topological polar surface area (TPSA) is 89.9 Å². The maximum absolute atomic E-state index is 12.8. The van der Waals surface area contributed by atoms with Crippen LogP contribution in [-0.4, -0.2) is 33.1 Å². The molecule has 0 spiro atoms. The summed E-state index contributed by atoms with van der Waals surface area (Å²) >= 11 is 0. The van der Waals surface area contributed by atoms with Crippen LogP contribution in [0.15, 0.2) is 53.3 Å². The average Bonchev–Trinajstić information content (AvgIpc) is 3.05. The number of aryl methyl sites for hydroxylation is 1. The minimum absolute atomic E-state index is 0.305. The number of methoxy groups -OCH3 is 1. The second kappa shape index (κ2) is 6.53. The van der Waals surface area contributed by atoms with E-state index >= 15 is 0 Å². The molecular weight excluding hydrogens is 344 g/mol. The van der Waals surface area contributed by atoms with Crippen molar-refractivity contribution in [3.8, 4) is 22.8 Å². The molecule has 0 aliphatic heterocycles. The van der Waals surface area contributed by atoms with Gasteiger partial charge < -0.3 is 9.72 Å². The van der Waals surface area contributed by atoms with E-state index in [0.717, 1.165) is 12.0 Å². The molecule has 1 N–H and O–H groups in total. The molecule has 0 amide bonds. The minimum Gasteiger partial charge on any atom is -0.496 e. The van der Waals surface area contributed by atoms with E-state index in [4.69, 9.17) is 4.74 Å². The van der Waals surface area contributed by atoms with E-state index in [1.165, 1.54) is 7.11 Å². The van der Waals surface area contributed by atoms with Crippen molar-refractivity contribution in [1.29, 1.82) is 0 Å². The van der Waals surface area contributed by atoms with Gasteiger partial charge in [0.25, 0.3) is 5.56 Å². The highest BCUT2D eigenvalue weighted by atomic mass is 16.5. The maximum Gasteiger partial charge on any atom is 0.277 e. The van der Waals surface area contributed by atoms with Gasteiger partial charge in [-0.05, 0) is 31.2 Å². The molecule has 7 nitrogen and oxygen atoms in total. The standard InChI is InChI=1S/C20H16N4O3/c1-12-17-18(24(23-12)14-6-4-3-5-7-14)20(26)22-19(21-17)15-9-8-13(11-25)10-16(15)27-2/h3-11H,1-2H3,(H,21,22,26). The molecule has 2 heterocycles. The fraction of sp³-hybridized carbons (Fsp3) is 0.100. The quantitative estimate of drug-likeness (QED) is 0.565. The number of H-pyrrole nitrogens is 1. The molecule has 0 radical (unpaired) electrons. The smallest absolute Gasteiger partial charge is 0.277 e. The molecule has 0 fully saturated rings. The summed E-state index contributed by atoms with van der Waals surface area (Å²) in [6.07, 6.45) is 0.736. The maximum atomic E-state index is 12.8. The number of rotatable bonds is 4. The zero-order chi connectivity index (χ0) is 19.0. The first-order chi connectivity index (χ1) is 13.1. The number of aromatic amines is 1. The summed E-state index contributed by atoms with van der Waals surface area (Å²) in [5.41, 5.74) is 3.08. The number of aldehydes is 1. The van der Waals surface area contributed by atoms with Crippen LogP contribution in [0.1, 0.15) is 16.1 Å². The van der Waals surface area contributed by atoms with E-state index in [-0.39, 0.29) is 5.56 Å². The Kier molecular flexibility index (Phi) is 4.04. The summed E-state index contributed by atoms with van der Waals surface area (Å²) in [6, 6.07) is 14.4. The number of hydrogen-bond acceptors (Lipinski definition) is 5. The summed E-state index contributed by atoms with van der Waals surface area (Å²) in [7, 11) is 1.50. The Morgan fingerprint density at radius 1 is 1.15 bits per heavy atom. The Morgan fingerprint density at radius 2 is 1.93 bits per heavy atom. The number of carbonyl (C=O) groups is 1. The van der Waals surface area contributed by atoms with E-state index in [2.05, 4.69) is 15.1 Å². The number of nitrogens with zero attached hydrogens (tertiary/aromatic N) is 3. The third kappa shape index (κ3) is 2.79. The highest BCUT2D eigenvalue weighted by molar-refractivity contribution is 5.82. The summed E-state index contributed by atoms with van der Waals surface area (Å²) in [5, 5.41) is 4.48. The Balaban J connectivity index is 1.95. The number of ether oxygens (including phenoxy) is 1. The molecule has 7 heteroatoms. The van der Waals surface area contributed by atoms with E-state index in [9.17, 15) is 9.59 Å². The third-order valence-electron chi connectivity index (χ3n) is 4.32. The van der Waals surface area contributed by atoms with Gasteiger partial charge in [0, 0.05) is 5.56 Å². The minimum atomic E-state index is -0.305. The van der Waals surface area contributed by atoms with Crippen molar-refractivity contribution in [3.63, 3.8) is 0 Å². The monoisotopic (exact) mass is 360 g/mol. The number of aromatic nitrogens is 4. The normalized spacial score (nSPS) is 10.9. The van der Waals surface area contributed by atoms with Gasteiger partial charge in [0.1, 0.15) is 23.4 Å². The lowest BCUT2D eigenvalue weighted by atomic mass is 10.1. The SMILES string of the molecule is COc1cc(C=O)ccc1-c1nc2c(C)nn(-c3ccccc3)c2c(=O)[nH]1. The predicted molar refractivity (Wildman–Crippen MR) is 102 cm³/mol. The Morgan fingerprint density at radius 3 is 2.63 bits per heavy atom. The van der Waals surface area contributed by atoms with Crippen LogP contribution in [0.4, 0.5) is 0 Å². The van der Waals surface area contributed by atoms with Gasteiger partial charge >= 0.3 is 0 Å². The summed E-state index contributed by atoms with van der Waals surface area (Å²) in [6.45, 7) is 1.81. The van der Waals surface area contributed by atoms with Crippen molar-refractivity contribution >= 4 is 17.3 Å². The lowest BCUT2D eigenvalue weighted by molar-refractivity contribution is 0.112. The lowest BCUT2D eigenvalue weighted by Gasteiger charge is -2.09. The van der Waals surface area contributed by atoms with Gasteiger partial charge in [0.05, 0.1) is 24.1 Å². The number of para-hydroxylation sites is 1. The van der Waals surface area contributed by atoms with Crippen molar-refractivity contribution in [2.45, 2.75) is 6.92 Å². The van der Waals surface area contributed by atoms with Crippen molar-refractivity contribution in [2.24, 2.45) is 0 Å². The van der Waals surface area contributed by atoms with Gasteiger partial charge in [0.2, 0.25) is 0 Å². The third-order valence-corrected chi connectivity index (χ3v) is 4.32. The molecule has 0 aliphatic carbocycles. The Labute approximate surface area is 154 Å². The van der Waals surface area contributed by atoms with Crippen LogP contribution in [-0.2, 0) is 0 Å². The first-order valence-corrected chi connectivity index (χ1v) is 8.31. The molecular formula is C20H16N4O3. The van der Waals surface area contributed by atoms with Crippen molar-refractivity contribution in [2.75, 3.05) is 7.11 Å². The largest absolute Gasteiger partial charge is 0.496 e. The molecule has 2 aromatic carbocycles. The van der Waals surface area contributed by atoms with E-state index in [0.29, 0.717) is 39.4 Å². The van der Waals surface area contributed by atoms with Crippen LogP contribution in [0.25, 0.3) is 28.1 Å². The van der Waals surface area contributed by atoms with Crippen LogP contribution in [0.3, 0.4) is 0 Å². The van der Waals surface area contributed by atoms with Crippen molar-refractivity contribution < 1.29 is 9.53 Å². The molecule has 0 saturated carbocycles. The van der Waals surface area contributed by atoms with E-state index in [1.54, 1.807) is 22.9 Å². The number of nitrogens with one attached hydrogen (secondary N) is 1. The van der Waals surface area contributed by atoms with Crippen molar-refractivity contribution in [3.05, 3.63) is 70.1 Å². The molecule has 0 aliphatic rings. The van der Waals surface area contributed by atoms with Crippen LogP contribution in [0.2, 0.25) is 0 Å². The Bertz CT molecular complexity index is 1210. The molecule has 0 saturated heterocycles. The van der Waals surface area contributed by atoms with Crippen LogP contribution < -0.4 is 10.3 Å². The van der Waals surface area contributed by atoms with Crippen LogP contribution in [0, 0.1) is 6.92 Å². The summed E-state index contributed by atoms with van der Waals surface area (Å²) in [4.78, 5) is 31.3. The molecule has 134 valence electrons. The molecule has 4 rings (SSSR count).